The van der Waals surface area contributed by atoms with Crippen molar-refractivity contribution in [2.45, 2.75) is 0 Å². The predicted molar refractivity (Wildman–Crippen MR) is 58.9 cm³/mol. The Morgan fingerprint density at radius 1 is 0.941 bits per heavy atom. The van der Waals surface area contributed by atoms with Crippen molar-refractivity contribution < 1.29 is 15.0 Å². The number of phenolic OH excluding ortho intramolecular Hbond substituents is 1. The fourth-order valence-electron chi connectivity index (χ4n) is 1.54. The van der Waals surface area contributed by atoms with Crippen LogP contribution in [0.2, 0.25) is 0 Å². The van der Waals surface area contributed by atoms with Gasteiger partial charge in [-0.2, -0.15) is 0 Å². The molecule has 0 atom stereocenters. The summed E-state index contributed by atoms with van der Waals surface area (Å²) in [5, 5.41) is 31.3. The highest BCUT2D eigenvalue weighted by Crippen LogP contribution is 2.32. The van der Waals surface area contributed by atoms with Crippen LogP contribution in [0.1, 0.15) is 0 Å². The molecule has 0 saturated heterocycles. The van der Waals surface area contributed by atoms with Gasteiger partial charge in [-0.15, -0.1) is 0 Å². The zero-order valence-corrected chi connectivity index (χ0v) is 8.36. The molecule has 0 aliphatic rings. The van der Waals surface area contributed by atoms with E-state index in [4.69, 9.17) is 0 Å². The number of benzene rings is 2. The lowest BCUT2D eigenvalue weighted by Crippen LogP contribution is -1.90. The summed E-state index contributed by atoms with van der Waals surface area (Å²) in [5.74, 6) is -0.274. The Hall–Kier alpha value is -2.70. The number of nitro benzene ring substituents is 2. The zero-order chi connectivity index (χ0) is 12.6. The maximum atomic E-state index is 10.6. The molecule has 2 aromatic carbocycles. The number of rotatable bonds is 2. The summed E-state index contributed by atoms with van der Waals surface area (Å²) < 4.78 is 0. The van der Waals surface area contributed by atoms with Crippen LogP contribution in [0.15, 0.2) is 30.3 Å². The van der Waals surface area contributed by atoms with E-state index in [-0.39, 0.29) is 22.5 Å². The predicted octanol–water partition coefficient (Wildman–Crippen LogP) is 2.36. The lowest BCUT2D eigenvalue weighted by molar-refractivity contribution is -0.385. The van der Waals surface area contributed by atoms with Gasteiger partial charge in [0.2, 0.25) is 0 Å². The van der Waals surface area contributed by atoms with Gasteiger partial charge in [0.1, 0.15) is 5.75 Å². The fraction of sp³-hybridized carbons (Fsp3) is 0. The number of hydrogen-bond acceptors (Lipinski definition) is 5. The van der Waals surface area contributed by atoms with Crippen LogP contribution >= 0.6 is 0 Å². The van der Waals surface area contributed by atoms with Crippen LogP contribution < -0.4 is 0 Å². The molecular formula is C10H6N2O5. The number of phenols is 1. The molecule has 0 spiro atoms. The molecule has 0 amide bonds. The Morgan fingerprint density at radius 3 is 2.12 bits per heavy atom. The fourth-order valence-corrected chi connectivity index (χ4v) is 1.54. The van der Waals surface area contributed by atoms with Gasteiger partial charge in [-0.1, -0.05) is 0 Å². The Balaban J connectivity index is 2.74. The van der Waals surface area contributed by atoms with E-state index < -0.39 is 9.85 Å². The third-order valence-electron chi connectivity index (χ3n) is 2.32. The molecular weight excluding hydrogens is 228 g/mol. The van der Waals surface area contributed by atoms with E-state index in [9.17, 15) is 25.3 Å². The Bertz CT molecular complexity index is 633. The minimum atomic E-state index is -0.669. The molecule has 2 aromatic rings. The molecule has 86 valence electrons. The molecule has 0 unspecified atom stereocenters. The highest BCUT2D eigenvalue weighted by molar-refractivity contribution is 5.91. The van der Waals surface area contributed by atoms with Crippen molar-refractivity contribution in [3.05, 3.63) is 50.6 Å². The molecule has 1 N–H and O–H groups in total. The second kappa shape index (κ2) is 3.71. The molecule has 2 rings (SSSR count). The number of nitrogens with zero attached hydrogens (tertiary/aromatic N) is 2. The summed E-state index contributed by atoms with van der Waals surface area (Å²) in [5.41, 5.74) is -0.493. The first-order valence-corrected chi connectivity index (χ1v) is 4.54. The number of nitro groups is 2. The van der Waals surface area contributed by atoms with Crippen molar-refractivity contribution in [2.75, 3.05) is 0 Å². The molecule has 0 radical (unpaired) electrons. The standard InChI is InChI=1S/C10H6N2O5/c13-10-5-8(12(16)17)4-6-3-7(11(14)15)1-2-9(6)10/h1-5,13H. The molecule has 7 heteroatoms. The first kappa shape index (κ1) is 10.8. The van der Waals surface area contributed by atoms with Crippen molar-refractivity contribution in [1.29, 1.82) is 0 Å². The summed E-state index contributed by atoms with van der Waals surface area (Å²) in [6.07, 6.45) is 0. The van der Waals surface area contributed by atoms with Gasteiger partial charge in [-0.3, -0.25) is 20.2 Å². The van der Waals surface area contributed by atoms with Crippen molar-refractivity contribution in [3.8, 4) is 5.75 Å². The molecule has 0 aliphatic heterocycles. The van der Waals surface area contributed by atoms with Gasteiger partial charge in [-0.05, 0) is 11.5 Å². The molecule has 0 bridgehead atoms. The van der Waals surface area contributed by atoms with Gasteiger partial charge < -0.3 is 5.11 Å². The summed E-state index contributed by atoms with van der Waals surface area (Å²) in [4.78, 5) is 19.9. The molecule has 0 fully saturated rings. The third kappa shape index (κ3) is 1.85. The van der Waals surface area contributed by atoms with E-state index >= 15 is 0 Å². The van der Waals surface area contributed by atoms with Crippen LogP contribution in [0.3, 0.4) is 0 Å². The quantitative estimate of drug-likeness (QED) is 0.633. The third-order valence-corrected chi connectivity index (χ3v) is 2.32. The Kier molecular flexibility index (Phi) is 2.36. The summed E-state index contributed by atoms with van der Waals surface area (Å²) in [6.45, 7) is 0. The molecule has 17 heavy (non-hydrogen) atoms. The summed E-state index contributed by atoms with van der Waals surface area (Å²) in [7, 11) is 0. The topological polar surface area (TPSA) is 107 Å². The number of fused-ring (bicyclic) bond motifs is 1. The Labute approximate surface area is 94.2 Å². The minimum Gasteiger partial charge on any atom is -0.507 e. The molecule has 7 nitrogen and oxygen atoms in total. The van der Waals surface area contributed by atoms with E-state index in [0.29, 0.717) is 5.39 Å². The van der Waals surface area contributed by atoms with Crippen LogP contribution in [0, 0.1) is 20.2 Å². The monoisotopic (exact) mass is 234 g/mol. The SMILES string of the molecule is O=[N+]([O-])c1ccc2c(O)cc([N+](=O)[O-])cc2c1. The van der Waals surface area contributed by atoms with Gasteiger partial charge in [0.05, 0.1) is 15.9 Å². The van der Waals surface area contributed by atoms with Crippen molar-refractivity contribution in [1.82, 2.24) is 0 Å². The van der Waals surface area contributed by atoms with Gasteiger partial charge in [0.15, 0.2) is 0 Å². The van der Waals surface area contributed by atoms with E-state index in [1.165, 1.54) is 24.3 Å². The largest absolute Gasteiger partial charge is 0.507 e. The van der Waals surface area contributed by atoms with Gasteiger partial charge in [0.25, 0.3) is 11.4 Å². The number of aromatic hydroxyl groups is 1. The van der Waals surface area contributed by atoms with E-state index in [1.54, 1.807) is 0 Å². The van der Waals surface area contributed by atoms with Crippen LogP contribution in [0.4, 0.5) is 11.4 Å². The lowest BCUT2D eigenvalue weighted by Gasteiger charge is -2.01. The average molecular weight is 234 g/mol. The van der Waals surface area contributed by atoms with Crippen molar-refractivity contribution >= 4 is 22.1 Å². The van der Waals surface area contributed by atoms with Crippen LogP contribution in [-0.4, -0.2) is 15.0 Å². The average Bonchev–Trinajstić information content (AvgIpc) is 2.27. The van der Waals surface area contributed by atoms with Crippen molar-refractivity contribution in [2.24, 2.45) is 0 Å². The van der Waals surface area contributed by atoms with Gasteiger partial charge in [-0.25, -0.2) is 0 Å². The minimum absolute atomic E-state index is 0.183. The number of non-ortho nitro benzene ring substituents is 2. The van der Waals surface area contributed by atoms with E-state index in [2.05, 4.69) is 0 Å². The second-order valence-electron chi connectivity index (χ2n) is 3.38. The molecule has 0 aromatic heterocycles. The maximum absolute atomic E-state index is 10.6. The first-order chi connectivity index (χ1) is 7.99. The van der Waals surface area contributed by atoms with E-state index in [1.807, 2.05) is 0 Å². The first-order valence-electron chi connectivity index (χ1n) is 4.54. The van der Waals surface area contributed by atoms with Crippen LogP contribution in [0.25, 0.3) is 10.8 Å². The second-order valence-corrected chi connectivity index (χ2v) is 3.38. The van der Waals surface area contributed by atoms with Gasteiger partial charge in [0, 0.05) is 23.6 Å². The normalized spacial score (nSPS) is 10.4. The van der Waals surface area contributed by atoms with Crippen molar-refractivity contribution in [3.63, 3.8) is 0 Å². The van der Waals surface area contributed by atoms with Crippen LogP contribution in [-0.2, 0) is 0 Å². The molecule has 0 aliphatic carbocycles. The lowest BCUT2D eigenvalue weighted by atomic mass is 10.1. The Morgan fingerprint density at radius 2 is 1.53 bits per heavy atom. The smallest absolute Gasteiger partial charge is 0.273 e. The maximum Gasteiger partial charge on any atom is 0.273 e. The zero-order valence-electron chi connectivity index (χ0n) is 8.36. The number of hydrogen-bond donors (Lipinski definition) is 1. The molecule has 0 saturated carbocycles. The highest BCUT2D eigenvalue weighted by atomic mass is 16.6. The summed E-state index contributed by atoms with van der Waals surface area (Å²) in [6, 6.07) is 5.96. The van der Waals surface area contributed by atoms with E-state index in [0.717, 1.165) is 6.07 Å². The van der Waals surface area contributed by atoms with Crippen LogP contribution in [0.5, 0.6) is 5.75 Å². The highest BCUT2D eigenvalue weighted by Gasteiger charge is 2.13. The molecule has 0 heterocycles. The van der Waals surface area contributed by atoms with Gasteiger partial charge >= 0.3 is 0 Å². The summed E-state index contributed by atoms with van der Waals surface area (Å²) >= 11 is 0.